The molecule has 0 spiro atoms. The second-order valence-corrected chi connectivity index (χ2v) is 5.81. The van der Waals surface area contributed by atoms with Crippen LogP contribution < -0.4 is 10.0 Å². The van der Waals surface area contributed by atoms with Crippen molar-refractivity contribution in [1.82, 2.24) is 9.97 Å². The molecule has 2 aromatic heterocycles. The Morgan fingerprint density at radius 3 is 2.65 bits per heavy atom. The third-order valence-corrected chi connectivity index (χ3v) is 3.86. The number of hydrogen-bond donors (Lipinski definition) is 2. The highest BCUT2D eigenvalue weighted by atomic mass is 32.2. The highest BCUT2D eigenvalue weighted by molar-refractivity contribution is 7.92. The van der Waals surface area contributed by atoms with Crippen LogP contribution in [0.15, 0.2) is 41.7 Å². The Morgan fingerprint density at radius 1 is 1.20 bits per heavy atom. The van der Waals surface area contributed by atoms with Crippen LogP contribution in [0.2, 0.25) is 0 Å². The van der Waals surface area contributed by atoms with Gasteiger partial charge in [-0.05, 0) is 37.6 Å². The summed E-state index contributed by atoms with van der Waals surface area (Å²) >= 11 is 0. The Kier molecular flexibility index (Phi) is 4.19. The summed E-state index contributed by atoms with van der Waals surface area (Å²) in [7, 11) is -3.77. The lowest BCUT2D eigenvalue weighted by molar-refractivity contribution is 0.597. The Balaban J connectivity index is 2.33. The van der Waals surface area contributed by atoms with Crippen LogP contribution >= 0.6 is 0 Å². The fourth-order valence-corrected chi connectivity index (χ4v) is 2.77. The molecule has 2 N–H and O–H groups in total. The van der Waals surface area contributed by atoms with Gasteiger partial charge in [0.1, 0.15) is 5.82 Å². The van der Waals surface area contributed by atoms with Gasteiger partial charge >= 0.3 is 0 Å². The van der Waals surface area contributed by atoms with Crippen molar-refractivity contribution in [2.75, 3.05) is 16.6 Å². The third kappa shape index (κ3) is 3.24. The van der Waals surface area contributed by atoms with Crippen molar-refractivity contribution >= 4 is 21.5 Å². The van der Waals surface area contributed by atoms with Crippen LogP contribution in [0.3, 0.4) is 0 Å². The largest absolute Gasteiger partial charge is 0.383 e. The summed E-state index contributed by atoms with van der Waals surface area (Å²) in [5.41, 5.74) is 1.42. The van der Waals surface area contributed by atoms with Crippen molar-refractivity contribution in [1.29, 1.82) is 0 Å². The molecular formula is C13H16N4O2S. The topological polar surface area (TPSA) is 84.0 Å². The van der Waals surface area contributed by atoms with Gasteiger partial charge in [-0.25, -0.2) is 9.97 Å². The molecule has 0 saturated carbocycles. The number of aromatic nitrogens is 2. The minimum absolute atomic E-state index is 0.0378. The lowest BCUT2D eigenvalue weighted by Crippen LogP contribution is -2.17. The molecule has 0 radical (unpaired) electrons. The molecule has 0 unspecified atom stereocenters. The van der Waals surface area contributed by atoms with Crippen molar-refractivity contribution in [2.45, 2.75) is 18.9 Å². The van der Waals surface area contributed by atoms with Gasteiger partial charge < -0.3 is 5.32 Å². The van der Waals surface area contributed by atoms with Crippen molar-refractivity contribution in [3.8, 4) is 0 Å². The fraction of sp³-hybridized carbons (Fsp3) is 0.231. The van der Waals surface area contributed by atoms with E-state index in [1.165, 1.54) is 6.20 Å². The number of hydrogen-bond acceptors (Lipinski definition) is 5. The van der Waals surface area contributed by atoms with Gasteiger partial charge in [-0.1, -0.05) is 6.07 Å². The molecule has 0 fully saturated rings. The number of nitrogens with zero attached hydrogens (tertiary/aromatic N) is 2. The maximum absolute atomic E-state index is 12.3. The van der Waals surface area contributed by atoms with Crippen molar-refractivity contribution in [2.24, 2.45) is 0 Å². The summed E-state index contributed by atoms with van der Waals surface area (Å²) in [5, 5.41) is 2.94. The Hall–Kier alpha value is -2.15. The minimum atomic E-state index is -3.77. The van der Waals surface area contributed by atoms with Crippen LogP contribution in [0.4, 0.5) is 11.5 Å². The SMILES string of the molecule is CCNc1cccnc1S(=O)(=O)Nc1ccc(C)cn1. The van der Waals surface area contributed by atoms with Gasteiger partial charge in [-0.2, -0.15) is 8.42 Å². The second kappa shape index (κ2) is 5.87. The summed E-state index contributed by atoms with van der Waals surface area (Å²) in [4.78, 5) is 7.97. The summed E-state index contributed by atoms with van der Waals surface area (Å²) in [5.74, 6) is 0.267. The summed E-state index contributed by atoms with van der Waals surface area (Å²) in [6.07, 6.45) is 3.04. The normalized spacial score (nSPS) is 11.1. The molecule has 2 aromatic rings. The first-order valence-corrected chi connectivity index (χ1v) is 7.65. The van der Waals surface area contributed by atoms with E-state index in [-0.39, 0.29) is 10.8 Å². The molecule has 0 saturated heterocycles. The lowest BCUT2D eigenvalue weighted by Gasteiger charge is -2.11. The second-order valence-electron chi connectivity index (χ2n) is 4.21. The fourth-order valence-electron chi connectivity index (χ4n) is 1.64. The van der Waals surface area contributed by atoms with E-state index in [2.05, 4.69) is 20.0 Å². The molecule has 6 nitrogen and oxygen atoms in total. The zero-order valence-electron chi connectivity index (χ0n) is 11.3. The first kappa shape index (κ1) is 14.3. The first-order valence-electron chi connectivity index (χ1n) is 6.17. The summed E-state index contributed by atoms with van der Waals surface area (Å²) in [6.45, 7) is 4.38. The van der Waals surface area contributed by atoms with Crippen LogP contribution in [0.5, 0.6) is 0 Å². The molecule has 7 heteroatoms. The number of nitrogens with one attached hydrogen (secondary N) is 2. The minimum Gasteiger partial charge on any atom is -0.383 e. The molecule has 2 rings (SSSR count). The molecule has 0 aliphatic rings. The molecule has 0 amide bonds. The van der Waals surface area contributed by atoms with Gasteiger partial charge in [0.25, 0.3) is 10.0 Å². The van der Waals surface area contributed by atoms with E-state index >= 15 is 0 Å². The van der Waals surface area contributed by atoms with Gasteiger partial charge in [0.15, 0.2) is 5.03 Å². The van der Waals surface area contributed by atoms with Gasteiger partial charge in [-0.15, -0.1) is 0 Å². The van der Waals surface area contributed by atoms with E-state index in [0.29, 0.717) is 12.2 Å². The van der Waals surface area contributed by atoms with Gasteiger partial charge in [0.05, 0.1) is 5.69 Å². The van der Waals surface area contributed by atoms with Crippen molar-refractivity contribution in [3.05, 3.63) is 42.2 Å². The monoisotopic (exact) mass is 292 g/mol. The third-order valence-electron chi connectivity index (χ3n) is 2.54. The molecule has 0 aromatic carbocycles. The number of rotatable bonds is 5. The maximum Gasteiger partial charge on any atom is 0.282 e. The van der Waals surface area contributed by atoms with Gasteiger partial charge in [0.2, 0.25) is 0 Å². The van der Waals surface area contributed by atoms with Crippen LogP contribution in [0.25, 0.3) is 0 Å². The van der Waals surface area contributed by atoms with Crippen molar-refractivity contribution in [3.63, 3.8) is 0 Å². The Bertz CT molecular complexity index is 684. The average Bonchev–Trinajstić information content (AvgIpc) is 2.42. The maximum atomic E-state index is 12.3. The van der Waals surface area contributed by atoms with Crippen LogP contribution in [-0.4, -0.2) is 24.9 Å². The van der Waals surface area contributed by atoms with E-state index in [1.54, 1.807) is 30.5 Å². The number of pyridine rings is 2. The van der Waals surface area contributed by atoms with Gasteiger partial charge in [-0.3, -0.25) is 4.72 Å². The van der Waals surface area contributed by atoms with E-state index in [0.717, 1.165) is 5.56 Å². The molecule has 20 heavy (non-hydrogen) atoms. The van der Waals surface area contributed by atoms with Gasteiger partial charge in [0, 0.05) is 18.9 Å². The van der Waals surface area contributed by atoms with E-state index < -0.39 is 10.0 Å². The molecule has 0 aliphatic heterocycles. The summed E-state index contributed by atoms with van der Waals surface area (Å²) in [6, 6.07) is 6.76. The summed E-state index contributed by atoms with van der Waals surface area (Å²) < 4.78 is 27.1. The number of sulfonamides is 1. The molecule has 2 heterocycles. The smallest absolute Gasteiger partial charge is 0.282 e. The average molecular weight is 292 g/mol. The number of anilines is 2. The zero-order valence-corrected chi connectivity index (χ0v) is 12.1. The van der Waals surface area contributed by atoms with Crippen LogP contribution in [0, 0.1) is 6.92 Å². The Morgan fingerprint density at radius 2 is 2.00 bits per heavy atom. The first-order chi connectivity index (χ1) is 9.53. The van der Waals surface area contributed by atoms with E-state index in [9.17, 15) is 8.42 Å². The highest BCUT2D eigenvalue weighted by Gasteiger charge is 2.20. The highest BCUT2D eigenvalue weighted by Crippen LogP contribution is 2.20. The molecule has 0 bridgehead atoms. The molecule has 0 aliphatic carbocycles. The predicted octanol–water partition coefficient (Wildman–Crippen LogP) is 2.02. The molecular weight excluding hydrogens is 276 g/mol. The lowest BCUT2D eigenvalue weighted by atomic mass is 10.3. The predicted molar refractivity (Wildman–Crippen MR) is 78.2 cm³/mol. The zero-order chi connectivity index (χ0) is 14.6. The number of aryl methyl sites for hydroxylation is 1. The Labute approximate surface area is 118 Å². The van der Waals surface area contributed by atoms with Crippen LogP contribution in [-0.2, 0) is 10.0 Å². The van der Waals surface area contributed by atoms with Crippen molar-refractivity contribution < 1.29 is 8.42 Å². The standard InChI is InChI=1S/C13H16N4O2S/c1-3-14-11-5-4-8-15-13(11)20(18,19)17-12-7-6-10(2)9-16-12/h4-9,14H,3H2,1-2H3,(H,16,17). The molecule has 0 atom stereocenters. The van der Waals surface area contributed by atoms with E-state index in [1.807, 2.05) is 13.8 Å². The van der Waals surface area contributed by atoms with E-state index in [4.69, 9.17) is 0 Å². The molecule has 106 valence electrons. The van der Waals surface area contributed by atoms with Crippen LogP contribution in [0.1, 0.15) is 12.5 Å². The quantitative estimate of drug-likeness (QED) is 0.880.